The van der Waals surface area contributed by atoms with Crippen LogP contribution in [0.1, 0.15) is 31.0 Å². The van der Waals surface area contributed by atoms with Gasteiger partial charge in [0.15, 0.2) is 0 Å². The Hall–Kier alpha value is -1.61. The third-order valence-electron chi connectivity index (χ3n) is 3.21. The minimum Gasteiger partial charge on any atom is -0.314 e. The number of benzene rings is 1. The van der Waals surface area contributed by atoms with Crippen LogP contribution in [0.3, 0.4) is 0 Å². The topological polar surface area (TPSA) is 29.9 Å². The lowest BCUT2D eigenvalue weighted by atomic mass is 10.0. The van der Waals surface area contributed by atoms with E-state index in [9.17, 15) is 0 Å². The van der Waals surface area contributed by atoms with Crippen LogP contribution in [0.15, 0.2) is 30.3 Å². The van der Waals surface area contributed by atoms with Crippen LogP contribution >= 0.6 is 0 Å². The van der Waals surface area contributed by atoms with E-state index in [2.05, 4.69) is 54.6 Å². The fourth-order valence-electron chi connectivity index (χ4n) is 2.03. The summed E-state index contributed by atoms with van der Waals surface area (Å²) in [6.45, 7) is 5.26. The van der Waals surface area contributed by atoms with E-state index in [0.29, 0.717) is 5.92 Å². The van der Waals surface area contributed by atoms with Gasteiger partial charge in [-0.25, -0.2) is 0 Å². The molecule has 0 aliphatic carbocycles. The molecule has 1 heterocycles. The molecule has 0 atom stereocenters. The Bertz CT molecular complexity index is 509. The highest BCUT2D eigenvalue weighted by Crippen LogP contribution is 2.22. The standard InChI is InChI=1S/C15H21N3/c1-11(2)12-5-7-13(8-6-12)15-9-14(10-16-3)18(4)17-15/h5-9,11,16H,10H2,1-4H3. The van der Waals surface area contributed by atoms with Gasteiger partial charge in [0.2, 0.25) is 0 Å². The summed E-state index contributed by atoms with van der Waals surface area (Å²) in [7, 11) is 3.93. The second kappa shape index (κ2) is 5.36. The van der Waals surface area contributed by atoms with Gasteiger partial charge in [-0.3, -0.25) is 4.68 Å². The molecule has 0 fully saturated rings. The zero-order valence-corrected chi connectivity index (χ0v) is 11.6. The maximum atomic E-state index is 4.55. The molecule has 0 saturated carbocycles. The van der Waals surface area contributed by atoms with Crippen molar-refractivity contribution in [2.24, 2.45) is 7.05 Å². The third kappa shape index (κ3) is 2.62. The summed E-state index contributed by atoms with van der Waals surface area (Å²) in [4.78, 5) is 0. The van der Waals surface area contributed by atoms with E-state index in [1.54, 1.807) is 0 Å². The van der Waals surface area contributed by atoms with E-state index in [0.717, 1.165) is 12.2 Å². The quantitative estimate of drug-likeness (QED) is 0.894. The summed E-state index contributed by atoms with van der Waals surface area (Å²) >= 11 is 0. The van der Waals surface area contributed by atoms with Crippen LogP contribution in [-0.2, 0) is 13.6 Å². The van der Waals surface area contributed by atoms with Crippen LogP contribution < -0.4 is 5.32 Å². The molecule has 0 radical (unpaired) electrons. The first-order valence-electron chi connectivity index (χ1n) is 6.39. The smallest absolute Gasteiger partial charge is 0.0926 e. The summed E-state index contributed by atoms with van der Waals surface area (Å²) in [5.74, 6) is 0.572. The number of nitrogens with one attached hydrogen (secondary N) is 1. The van der Waals surface area contributed by atoms with Gasteiger partial charge in [-0.15, -0.1) is 0 Å². The van der Waals surface area contributed by atoms with Crippen LogP contribution in [0.2, 0.25) is 0 Å². The maximum absolute atomic E-state index is 4.55. The number of hydrogen-bond donors (Lipinski definition) is 1. The molecule has 0 unspecified atom stereocenters. The molecule has 0 saturated heterocycles. The fourth-order valence-corrected chi connectivity index (χ4v) is 2.03. The first-order valence-corrected chi connectivity index (χ1v) is 6.39. The van der Waals surface area contributed by atoms with Gasteiger partial charge in [-0.2, -0.15) is 5.10 Å². The third-order valence-corrected chi connectivity index (χ3v) is 3.21. The van der Waals surface area contributed by atoms with Crippen LogP contribution in [-0.4, -0.2) is 16.8 Å². The average Bonchev–Trinajstić information content (AvgIpc) is 2.72. The van der Waals surface area contributed by atoms with Gasteiger partial charge in [0.05, 0.1) is 11.4 Å². The Morgan fingerprint density at radius 2 is 1.89 bits per heavy atom. The van der Waals surface area contributed by atoms with Gasteiger partial charge < -0.3 is 5.32 Å². The minimum absolute atomic E-state index is 0.572. The molecular weight excluding hydrogens is 222 g/mol. The molecule has 1 aromatic heterocycles. The SMILES string of the molecule is CNCc1cc(-c2ccc(C(C)C)cc2)nn1C. The molecule has 0 bridgehead atoms. The predicted octanol–water partition coefficient (Wildman–Crippen LogP) is 2.93. The van der Waals surface area contributed by atoms with Crippen molar-refractivity contribution in [1.29, 1.82) is 0 Å². The Morgan fingerprint density at radius 1 is 1.22 bits per heavy atom. The molecule has 2 aromatic rings. The number of hydrogen-bond acceptors (Lipinski definition) is 2. The molecular formula is C15H21N3. The molecule has 0 aliphatic heterocycles. The monoisotopic (exact) mass is 243 g/mol. The zero-order chi connectivity index (χ0) is 13.1. The first kappa shape index (κ1) is 12.8. The predicted molar refractivity (Wildman–Crippen MR) is 75.5 cm³/mol. The molecule has 3 nitrogen and oxygen atoms in total. The van der Waals surface area contributed by atoms with Gasteiger partial charge >= 0.3 is 0 Å². The molecule has 0 amide bonds. The van der Waals surface area contributed by atoms with Crippen molar-refractivity contribution in [3.8, 4) is 11.3 Å². The molecule has 1 aromatic carbocycles. The van der Waals surface area contributed by atoms with E-state index in [1.807, 2.05) is 18.8 Å². The molecule has 0 spiro atoms. The Kier molecular flexibility index (Phi) is 3.82. The average molecular weight is 243 g/mol. The minimum atomic E-state index is 0.572. The van der Waals surface area contributed by atoms with E-state index in [1.165, 1.54) is 16.8 Å². The highest BCUT2D eigenvalue weighted by molar-refractivity contribution is 5.59. The highest BCUT2D eigenvalue weighted by atomic mass is 15.3. The lowest BCUT2D eigenvalue weighted by Gasteiger charge is -2.05. The molecule has 3 heteroatoms. The van der Waals surface area contributed by atoms with E-state index < -0.39 is 0 Å². The van der Waals surface area contributed by atoms with Gasteiger partial charge in [-0.05, 0) is 24.6 Å². The summed E-state index contributed by atoms with van der Waals surface area (Å²) in [5.41, 5.74) is 4.78. The molecule has 96 valence electrons. The summed E-state index contributed by atoms with van der Waals surface area (Å²) in [5, 5.41) is 7.70. The Balaban J connectivity index is 2.28. The van der Waals surface area contributed by atoms with Crippen LogP contribution in [0.25, 0.3) is 11.3 Å². The highest BCUT2D eigenvalue weighted by Gasteiger charge is 2.07. The van der Waals surface area contributed by atoms with Crippen molar-refractivity contribution in [3.63, 3.8) is 0 Å². The second-order valence-electron chi connectivity index (χ2n) is 4.95. The Morgan fingerprint density at radius 3 is 2.44 bits per heavy atom. The largest absolute Gasteiger partial charge is 0.314 e. The van der Waals surface area contributed by atoms with Gasteiger partial charge in [0, 0.05) is 19.2 Å². The van der Waals surface area contributed by atoms with Gasteiger partial charge in [0.1, 0.15) is 0 Å². The van der Waals surface area contributed by atoms with E-state index >= 15 is 0 Å². The molecule has 1 N–H and O–H groups in total. The summed E-state index contributed by atoms with van der Waals surface area (Å²) < 4.78 is 1.93. The molecule has 0 aliphatic rings. The summed E-state index contributed by atoms with van der Waals surface area (Å²) in [6.07, 6.45) is 0. The van der Waals surface area contributed by atoms with Crippen molar-refractivity contribution in [3.05, 3.63) is 41.6 Å². The Labute approximate surface area is 109 Å². The van der Waals surface area contributed by atoms with Gasteiger partial charge in [0.25, 0.3) is 0 Å². The van der Waals surface area contributed by atoms with Crippen molar-refractivity contribution in [2.75, 3.05) is 7.05 Å². The first-order chi connectivity index (χ1) is 8.61. The molecule has 18 heavy (non-hydrogen) atoms. The number of rotatable bonds is 4. The second-order valence-corrected chi connectivity index (χ2v) is 4.95. The van der Waals surface area contributed by atoms with Crippen LogP contribution in [0.5, 0.6) is 0 Å². The molecule has 2 rings (SSSR count). The number of aryl methyl sites for hydroxylation is 1. The fraction of sp³-hybridized carbons (Fsp3) is 0.400. The normalized spacial score (nSPS) is 11.2. The van der Waals surface area contributed by atoms with E-state index in [-0.39, 0.29) is 0 Å². The zero-order valence-electron chi connectivity index (χ0n) is 11.6. The van der Waals surface area contributed by atoms with Crippen LogP contribution in [0.4, 0.5) is 0 Å². The lowest BCUT2D eigenvalue weighted by molar-refractivity contribution is 0.673. The number of aromatic nitrogens is 2. The van der Waals surface area contributed by atoms with E-state index in [4.69, 9.17) is 0 Å². The number of nitrogens with zero attached hydrogens (tertiary/aromatic N) is 2. The van der Waals surface area contributed by atoms with Crippen molar-refractivity contribution >= 4 is 0 Å². The van der Waals surface area contributed by atoms with Crippen LogP contribution in [0, 0.1) is 0 Å². The van der Waals surface area contributed by atoms with Crippen molar-refractivity contribution in [1.82, 2.24) is 15.1 Å². The van der Waals surface area contributed by atoms with Gasteiger partial charge in [-0.1, -0.05) is 38.1 Å². The van der Waals surface area contributed by atoms with Crippen molar-refractivity contribution < 1.29 is 0 Å². The maximum Gasteiger partial charge on any atom is 0.0926 e. The summed E-state index contributed by atoms with van der Waals surface area (Å²) in [6, 6.07) is 10.8. The lowest BCUT2D eigenvalue weighted by Crippen LogP contribution is -2.09. The van der Waals surface area contributed by atoms with Crippen molar-refractivity contribution in [2.45, 2.75) is 26.3 Å².